The van der Waals surface area contributed by atoms with Crippen LogP contribution in [0.4, 0.5) is 0 Å². The van der Waals surface area contributed by atoms with Gasteiger partial charge in [-0.1, -0.05) is 70.6 Å². The summed E-state index contributed by atoms with van der Waals surface area (Å²) in [6, 6.07) is 0. The summed E-state index contributed by atoms with van der Waals surface area (Å²) in [4.78, 5) is 2.83. The van der Waals surface area contributed by atoms with Gasteiger partial charge in [-0.3, -0.25) is 0 Å². The lowest BCUT2D eigenvalue weighted by Gasteiger charge is -2.41. The van der Waals surface area contributed by atoms with Crippen molar-refractivity contribution in [3.8, 4) is 0 Å². The first-order valence-corrected chi connectivity index (χ1v) is 9.66. The largest absolute Gasteiger partial charge is 0.303 e. The molecule has 1 heteroatoms. The predicted octanol–water partition coefficient (Wildman–Crippen LogP) is 5.25. The van der Waals surface area contributed by atoms with Crippen LogP contribution in [0.2, 0.25) is 0 Å². The van der Waals surface area contributed by atoms with Gasteiger partial charge in [0.05, 0.1) is 0 Å². The SMILES string of the molecule is C1CCC(C(CN2CCCCC2)C2CCCCC2)CC1. The molecule has 1 nitrogen and oxygen atoms in total. The smallest absolute Gasteiger partial charge is 0.00150 e. The molecular formula is C19H35N. The molecule has 3 aliphatic rings. The van der Waals surface area contributed by atoms with Gasteiger partial charge in [0, 0.05) is 6.54 Å². The van der Waals surface area contributed by atoms with Crippen molar-refractivity contribution in [2.75, 3.05) is 19.6 Å². The van der Waals surface area contributed by atoms with Crippen molar-refractivity contribution < 1.29 is 0 Å². The second-order valence-corrected chi connectivity index (χ2v) is 7.82. The Kier molecular flexibility index (Phi) is 5.82. The Morgan fingerprint density at radius 2 is 1.05 bits per heavy atom. The van der Waals surface area contributed by atoms with Crippen molar-refractivity contribution in [1.82, 2.24) is 4.90 Å². The van der Waals surface area contributed by atoms with Gasteiger partial charge in [-0.25, -0.2) is 0 Å². The minimum absolute atomic E-state index is 1.05. The summed E-state index contributed by atoms with van der Waals surface area (Å²) in [7, 11) is 0. The van der Waals surface area contributed by atoms with Crippen LogP contribution in [0.3, 0.4) is 0 Å². The quantitative estimate of drug-likeness (QED) is 0.678. The third-order valence-corrected chi connectivity index (χ3v) is 6.43. The van der Waals surface area contributed by atoms with Gasteiger partial charge in [-0.05, 0) is 43.7 Å². The van der Waals surface area contributed by atoms with Gasteiger partial charge in [-0.15, -0.1) is 0 Å². The third-order valence-electron chi connectivity index (χ3n) is 6.43. The van der Waals surface area contributed by atoms with Crippen molar-refractivity contribution in [2.24, 2.45) is 17.8 Å². The Balaban J connectivity index is 1.61. The van der Waals surface area contributed by atoms with Crippen molar-refractivity contribution in [3.63, 3.8) is 0 Å². The Hall–Kier alpha value is -0.0400. The van der Waals surface area contributed by atoms with E-state index in [1.165, 1.54) is 77.4 Å². The first-order chi connectivity index (χ1) is 9.93. The maximum Gasteiger partial charge on any atom is 0.00150 e. The van der Waals surface area contributed by atoms with Gasteiger partial charge in [0.1, 0.15) is 0 Å². The minimum Gasteiger partial charge on any atom is -0.303 e. The van der Waals surface area contributed by atoms with Crippen molar-refractivity contribution in [1.29, 1.82) is 0 Å². The van der Waals surface area contributed by atoms with Crippen LogP contribution in [0.25, 0.3) is 0 Å². The molecule has 0 N–H and O–H groups in total. The van der Waals surface area contributed by atoms with Gasteiger partial charge >= 0.3 is 0 Å². The molecule has 0 aromatic heterocycles. The molecule has 3 rings (SSSR count). The standard InChI is InChI=1S/C19H35N/c1-4-10-17(11-5-1)19(18-12-6-2-7-13-18)16-20-14-8-3-9-15-20/h17-19H,1-16H2. The summed E-state index contributed by atoms with van der Waals surface area (Å²) < 4.78 is 0. The van der Waals surface area contributed by atoms with E-state index in [0.717, 1.165) is 17.8 Å². The Labute approximate surface area is 126 Å². The zero-order valence-corrected chi connectivity index (χ0v) is 13.5. The summed E-state index contributed by atoms with van der Waals surface area (Å²) in [6.45, 7) is 4.25. The third kappa shape index (κ3) is 4.00. The fourth-order valence-corrected chi connectivity index (χ4v) is 5.25. The molecule has 1 aliphatic heterocycles. The highest BCUT2D eigenvalue weighted by Crippen LogP contribution is 2.40. The molecule has 0 amide bonds. The first-order valence-electron chi connectivity index (χ1n) is 9.66. The second-order valence-electron chi connectivity index (χ2n) is 7.82. The van der Waals surface area contributed by atoms with Gasteiger partial charge in [0.25, 0.3) is 0 Å². The summed E-state index contributed by atoms with van der Waals surface area (Å²) in [5, 5.41) is 0. The van der Waals surface area contributed by atoms with Crippen molar-refractivity contribution in [2.45, 2.75) is 83.5 Å². The summed E-state index contributed by atoms with van der Waals surface area (Å²) in [5.41, 5.74) is 0. The zero-order chi connectivity index (χ0) is 13.6. The number of rotatable bonds is 4. The molecule has 2 saturated carbocycles. The zero-order valence-electron chi connectivity index (χ0n) is 13.5. The van der Waals surface area contributed by atoms with Crippen LogP contribution >= 0.6 is 0 Å². The van der Waals surface area contributed by atoms with Crippen molar-refractivity contribution in [3.05, 3.63) is 0 Å². The fourth-order valence-electron chi connectivity index (χ4n) is 5.25. The van der Waals surface area contributed by atoms with E-state index >= 15 is 0 Å². The number of likely N-dealkylation sites (tertiary alicyclic amines) is 1. The van der Waals surface area contributed by atoms with Gasteiger partial charge in [-0.2, -0.15) is 0 Å². The van der Waals surface area contributed by atoms with Crippen LogP contribution in [0.15, 0.2) is 0 Å². The molecule has 0 aromatic rings. The average molecular weight is 277 g/mol. The summed E-state index contributed by atoms with van der Waals surface area (Å²) in [6.07, 6.45) is 19.7. The lowest BCUT2D eigenvalue weighted by molar-refractivity contribution is 0.0855. The molecule has 116 valence electrons. The molecule has 0 aromatic carbocycles. The van der Waals surface area contributed by atoms with E-state index < -0.39 is 0 Å². The van der Waals surface area contributed by atoms with E-state index in [4.69, 9.17) is 0 Å². The Morgan fingerprint density at radius 1 is 0.600 bits per heavy atom. The number of nitrogens with zero attached hydrogens (tertiary/aromatic N) is 1. The monoisotopic (exact) mass is 277 g/mol. The highest BCUT2D eigenvalue weighted by atomic mass is 15.1. The molecule has 3 fully saturated rings. The predicted molar refractivity (Wildman–Crippen MR) is 86.9 cm³/mol. The van der Waals surface area contributed by atoms with Crippen LogP contribution in [0.5, 0.6) is 0 Å². The van der Waals surface area contributed by atoms with E-state index in [1.807, 2.05) is 0 Å². The topological polar surface area (TPSA) is 3.24 Å². The lowest BCUT2D eigenvalue weighted by Crippen LogP contribution is -2.40. The van der Waals surface area contributed by atoms with Gasteiger partial charge in [0.15, 0.2) is 0 Å². The molecule has 0 unspecified atom stereocenters. The second kappa shape index (κ2) is 7.82. The molecular weight excluding hydrogens is 242 g/mol. The van der Waals surface area contributed by atoms with Crippen LogP contribution in [-0.2, 0) is 0 Å². The molecule has 0 atom stereocenters. The number of hydrogen-bond acceptors (Lipinski definition) is 1. The van der Waals surface area contributed by atoms with Crippen molar-refractivity contribution >= 4 is 0 Å². The highest BCUT2D eigenvalue weighted by Gasteiger charge is 2.32. The molecule has 0 spiro atoms. The van der Waals surface area contributed by atoms with E-state index in [9.17, 15) is 0 Å². The molecule has 1 heterocycles. The van der Waals surface area contributed by atoms with Gasteiger partial charge in [0.2, 0.25) is 0 Å². The van der Waals surface area contributed by atoms with Crippen LogP contribution < -0.4 is 0 Å². The fraction of sp³-hybridized carbons (Fsp3) is 1.00. The minimum atomic E-state index is 1.05. The molecule has 1 saturated heterocycles. The summed E-state index contributed by atoms with van der Waals surface area (Å²) >= 11 is 0. The highest BCUT2D eigenvalue weighted by molar-refractivity contribution is 4.84. The molecule has 2 aliphatic carbocycles. The maximum atomic E-state index is 2.83. The average Bonchev–Trinajstić information content (AvgIpc) is 2.55. The maximum absolute atomic E-state index is 2.83. The van der Waals surface area contributed by atoms with E-state index in [0.29, 0.717) is 0 Å². The Morgan fingerprint density at radius 3 is 1.55 bits per heavy atom. The van der Waals surface area contributed by atoms with Crippen LogP contribution in [0, 0.1) is 17.8 Å². The lowest BCUT2D eigenvalue weighted by atomic mass is 9.69. The number of hydrogen-bond donors (Lipinski definition) is 0. The first kappa shape index (κ1) is 14.9. The molecule has 20 heavy (non-hydrogen) atoms. The molecule has 0 bridgehead atoms. The van der Waals surface area contributed by atoms with Gasteiger partial charge < -0.3 is 4.90 Å². The molecule has 0 radical (unpaired) electrons. The van der Waals surface area contributed by atoms with Crippen LogP contribution in [0.1, 0.15) is 83.5 Å². The van der Waals surface area contributed by atoms with E-state index in [-0.39, 0.29) is 0 Å². The normalized spacial score (nSPS) is 28.1. The van der Waals surface area contributed by atoms with E-state index in [2.05, 4.69) is 4.90 Å². The van der Waals surface area contributed by atoms with E-state index in [1.54, 1.807) is 25.7 Å². The Bertz CT molecular complexity index is 239. The number of piperidine rings is 1. The van der Waals surface area contributed by atoms with Crippen LogP contribution in [-0.4, -0.2) is 24.5 Å². The summed E-state index contributed by atoms with van der Waals surface area (Å²) in [5.74, 6) is 3.20.